The van der Waals surface area contributed by atoms with Gasteiger partial charge in [0.1, 0.15) is 16.1 Å². The Morgan fingerprint density at radius 3 is 2.90 bits per heavy atom. The second-order valence-corrected chi connectivity index (χ2v) is 4.81. The average Bonchev–Trinajstić information content (AvgIpc) is 2.76. The topological polar surface area (TPSA) is 69.0 Å². The van der Waals surface area contributed by atoms with Gasteiger partial charge in [0.05, 0.1) is 0 Å². The van der Waals surface area contributed by atoms with Crippen molar-refractivity contribution in [3.63, 3.8) is 0 Å². The Balaban J connectivity index is 2.07. The van der Waals surface area contributed by atoms with Crippen LogP contribution in [0, 0.1) is 0 Å². The first-order valence-corrected chi connectivity index (χ1v) is 6.64. The summed E-state index contributed by atoms with van der Waals surface area (Å²) in [5.41, 5.74) is 0.322. The standard InChI is InChI=1S/C12H11BrF2N4O2/c1-19-7(5-8(13)18-19)12(20)17-10-3-2-4-11(16-10)21-6-9(14)15/h2-5,9H,6H2,1H3,(H,16,17,20). The number of amides is 1. The zero-order valence-electron chi connectivity index (χ0n) is 10.9. The van der Waals surface area contributed by atoms with E-state index in [0.717, 1.165) is 0 Å². The van der Waals surface area contributed by atoms with Crippen molar-refractivity contribution in [2.45, 2.75) is 6.43 Å². The highest BCUT2D eigenvalue weighted by molar-refractivity contribution is 9.10. The van der Waals surface area contributed by atoms with Crippen molar-refractivity contribution in [2.75, 3.05) is 11.9 Å². The number of anilines is 1. The van der Waals surface area contributed by atoms with Crippen molar-refractivity contribution in [3.05, 3.63) is 34.6 Å². The van der Waals surface area contributed by atoms with Crippen LogP contribution in [0.25, 0.3) is 0 Å². The highest BCUT2D eigenvalue weighted by Gasteiger charge is 2.13. The van der Waals surface area contributed by atoms with E-state index >= 15 is 0 Å². The van der Waals surface area contributed by atoms with Crippen LogP contribution in [-0.2, 0) is 7.05 Å². The van der Waals surface area contributed by atoms with Crippen molar-refractivity contribution < 1.29 is 18.3 Å². The second-order valence-electron chi connectivity index (χ2n) is 3.99. The molecule has 2 aromatic rings. The number of halogens is 3. The summed E-state index contributed by atoms with van der Waals surface area (Å²) in [6.07, 6.45) is -2.59. The molecule has 0 fully saturated rings. The SMILES string of the molecule is Cn1nc(Br)cc1C(=O)Nc1cccc(OCC(F)F)n1. The van der Waals surface area contributed by atoms with Crippen molar-refractivity contribution in [1.29, 1.82) is 0 Å². The van der Waals surface area contributed by atoms with E-state index in [9.17, 15) is 13.6 Å². The molecule has 0 saturated heterocycles. The minimum atomic E-state index is -2.59. The maximum atomic E-state index is 12.1. The maximum Gasteiger partial charge on any atom is 0.275 e. The zero-order valence-corrected chi connectivity index (χ0v) is 12.5. The molecule has 1 amide bonds. The minimum absolute atomic E-state index is 0.0132. The van der Waals surface area contributed by atoms with Crippen LogP contribution in [0.1, 0.15) is 10.5 Å². The van der Waals surface area contributed by atoms with Crippen LogP contribution in [0.15, 0.2) is 28.9 Å². The Morgan fingerprint density at radius 1 is 1.52 bits per heavy atom. The number of carbonyl (C=O) groups is 1. The summed E-state index contributed by atoms with van der Waals surface area (Å²) >= 11 is 3.16. The third kappa shape index (κ3) is 4.22. The van der Waals surface area contributed by atoms with Crippen molar-refractivity contribution in [2.24, 2.45) is 7.05 Å². The molecule has 21 heavy (non-hydrogen) atoms. The van der Waals surface area contributed by atoms with Gasteiger partial charge in [0, 0.05) is 19.2 Å². The molecule has 9 heteroatoms. The van der Waals surface area contributed by atoms with E-state index in [4.69, 9.17) is 4.74 Å². The lowest BCUT2D eigenvalue weighted by atomic mass is 10.4. The summed E-state index contributed by atoms with van der Waals surface area (Å²) in [7, 11) is 1.62. The Labute approximate surface area is 127 Å². The van der Waals surface area contributed by atoms with Crippen LogP contribution in [0.5, 0.6) is 5.88 Å². The van der Waals surface area contributed by atoms with Gasteiger partial charge in [-0.05, 0) is 22.0 Å². The number of pyridine rings is 1. The van der Waals surface area contributed by atoms with Gasteiger partial charge in [-0.15, -0.1) is 0 Å². The molecule has 0 radical (unpaired) electrons. The predicted molar refractivity (Wildman–Crippen MR) is 74.6 cm³/mol. The largest absolute Gasteiger partial charge is 0.472 e. The maximum absolute atomic E-state index is 12.1. The molecule has 0 aliphatic heterocycles. The summed E-state index contributed by atoms with van der Waals surface area (Å²) < 4.78 is 30.8. The van der Waals surface area contributed by atoms with Crippen LogP contribution < -0.4 is 10.1 Å². The fourth-order valence-corrected chi connectivity index (χ4v) is 1.99. The van der Waals surface area contributed by atoms with E-state index < -0.39 is 18.9 Å². The van der Waals surface area contributed by atoms with E-state index in [1.54, 1.807) is 19.2 Å². The molecule has 1 N–H and O–H groups in total. The monoisotopic (exact) mass is 360 g/mol. The number of alkyl halides is 2. The fourth-order valence-electron chi connectivity index (χ4n) is 1.54. The molecule has 0 atom stereocenters. The molecule has 0 unspecified atom stereocenters. The van der Waals surface area contributed by atoms with Crippen LogP contribution in [0.4, 0.5) is 14.6 Å². The fraction of sp³-hybridized carbons (Fsp3) is 0.250. The molecule has 6 nitrogen and oxygen atoms in total. The quantitative estimate of drug-likeness (QED) is 0.889. The van der Waals surface area contributed by atoms with Gasteiger partial charge in [-0.2, -0.15) is 10.1 Å². The van der Waals surface area contributed by atoms with E-state index in [1.165, 1.54) is 16.8 Å². The zero-order chi connectivity index (χ0) is 15.4. The molecule has 112 valence electrons. The number of carbonyl (C=O) groups excluding carboxylic acids is 1. The van der Waals surface area contributed by atoms with Gasteiger partial charge in [-0.3, -0.25) is 9.48 Å². The molecule has 0 saturated carbocycles. The van der Waals surface area contributed by atoms with Crippen LogP contribution in [-0.4, -0.2) is 33.7 Å². The number of ether oxygens (including phenoxy) is 1. The molecule has 0 aromatic carbocycles. The molecule has 0 aliphatic carbocycles. The van der Waals surface area contributed by atoms with Crippen molar-refractivity contribution >= 4 is 27.7 Å². The summed E-state index contributed by atoms with van der Waals surface area (Å²) in [6.45, 7) is -0.751. The number of nitrogens with zero attached hydrogens (tertiary/aromatic N) is 3. The summed E-state index contributed by atoms with van der Waals surface area (Å²) in [5, 5.41) is 6.53. The van der Waals surface area contributed by atoms with Gasteiger partial charge in [0.2, 0.25) is 5.88 Å². The van der Waals surface area contributed by atoms with Crippen molar-refractivity contribution in [1.82, 2.24) is 14.8 Å². The first-order valence-electron chi connectivity index (χ1n) is 5.84. The van der Waals surface area contributed by atoms with E-state index in [1.807, 2.05) is 0 Å². The van der Waals surface area contributed by atoms with Gasteiger partial charge in [-0.25, -0.2) is 8.78 Å². The number of nitrogens with one attached hydrogen (secondary N) is 1. The minimum Gasteiger partial charge on any atom is -0.472 e. The Hall–Kier alpha value is -2.03. The summed E-state index contributed by atoms with van der Waals surface area (Å²) in [5.74, 6) is -0.211. The van der Waals surface area contributed by atoms with Gasteiger partial charge in [0.25, 0.3) is 12.3 Å². The predicted octanol–water partition coefficient (Wildman–Crippen LogP) is 2.47. The first kappa shape index (κ1) is 15.4. The third-order valence-corrected chi connectivity index (χ3v) is 2.79. The van der Waals surface area contributed by atoms with Crippen LogP contribution in [0.3, 0.4) is 0 Å². The summed E-state index contributed by atoms with van der Waals surface area (Å²) in [6, 6.07) is 6.05. The third-order valence-electron chi connectivity index (χ3n) is 2.40. The van der Waals surface area contributed by atoms with E-state index in [0.29, 0.717) is 10.3 Å². The van der Waals surface area contributed by atoms with Gasteiger partial charge >= 0.3 is 0 Å². The number of aryl methyl sites for hydroxylation is 1. The molecule has 2 rings (SSSR count). The summed E-state index contributed by atoms with van der Waals surface area (Å²) in [4.78, 5) is 15.9. The molecule has 2 heterocycles. The lowest BCUT2D eigenvalue weighted by molar-refractivity contribution is 0.0796. The number of aromatic nitrogens is 3. The van der Waals surface area contributed by atoms with Gasteiger partial charge < -0.3 is 10.1 Å². The number of rotatable bonds is 5. The highest BCUT2D eigenvalue weighted by atomic mass is 79.9. The molecule has 0 bridgehead atoms. The average molecular weight is 361 g/mol. The lowest BCUT2D eigenvalue weighted by Crippen LogP contribution is -2.17. The Morgan fingerprint density at radius 2 is 2.29 bits per heavy atom. The number of hydrogen-bond acceptors (Lipinski definition) is 4. The molecular weight excluding hydrogens is 350 g/mol. The molecule has 0 spiro atoms. The van der Waals surface area contributed by atoms with E-state index in [2.05, 4.69) is 31.3 Å². The highest BCUT2D eigenvalue weighted by Crippen LogP contribution is 2.15. The molecular formula is C12H11BrF2N4O2. The Kier molecular flexibility index (Phi) is 4.84. The Bertz CT molecular complexity index is 648. The van der Waals surface area contributed by atoms with Crippen LogP contribution in [0.2, 0.25) is 0 Å². The van der Waals surface area contributed by atoms with Gasteiger partial charge in [0.15, 0.2) is 6.61 Å². The second kappa shape index (κ2) is 6.61. The molecule has 2 aromatic heterocycles. The van der Waals surface area contributed by atoms with Gasteiger partial charge in [-0.1, -0.05) is 6.07 Å². The van der Waals surface area contributed by atoms with Crippen LogP contribution >= 0.6 is 15.9 Å². The van der Waals surface area contributed by atoms with E-state index in [-0.39, 0.29) is 11.7 Å². The lowest BCUT2D eigenvalue weighted by Gasteiger charge is -2.07. The van der Waals surface area contributed by atoms with Crippen molar-refractivity contribution in [3.8, 4) is 5.88 Å². The first-order chi connectivity index (χ1) is 9.95. The molecule has 0 aliphatic rings. The normalized spacial score (nSPS) is 10.7. The smallest absolute Gasteiger partial charge is 0.275 e. The number of hydrogen-bond donors (Lipinski definition) is 1.